The van der Waals surface area contributed by atoms with Crippen molar-refractivity contribution in [1.29, 1.82) is 0 Å². The van der Waals surface area contributed by atoms with Crippen molar-refractivity contribution >= 4 is 27.9 Å². The minimum absolute atomic E-state index is 0.294. The van der Waals surface area contributed by atoms with Gasteiger partial charge in [0.15, 0.2) is 0 Å². The topological polar surface area (TPSA) is 64.6 Å². The van der Waals surface area contributed by atoms with E-state index >= 15 is 0 Å². The Morgan fingerprint density at radius 2 is 1.65 bits per heavy atom. The number of hydrogen-bond donors (Lipinski definition) is 1. The van der Waals surface area contributed by atoms with Crippen LogP contribution in [-0.2, 0) is 19.1 Å². The summed E-state index contributed by atoms with van der Waals surface area (Å²) in [6.45, 7) is 7.70. The van der Waals surface area contributed by atoms with Gasteiger partial charge in [0.2, 0.25) is 0 Å². The lowest BCUT2D eigenvalue weighted by Gasteiger charge is -2.28. The van der Waals surface area contributed by atoms with Crippen molar-refractivity contribution in [3.8, 4) is 0 Å². The van der Waals surface area contributed by atoms with Crippen LogP contribution in [0.5, 0.6) is 0 Å². The second-order valence-corrected chi connectivity index (χ2v) is 4.91. The van der Waals surface area contributed by atoms with Crippen molar-refractivity contribution in [1.82, 2.24) is 5.32 Å². The number of ether oxygens (including phenoxy) is 2. The molecule has 1 atom stereocenters. The fourth-order valence-corrected chi connectivity index (χ4v) is 2.69. The van der Waals surface area contributed by atoms with E-state index < -0.39 is 11.9 Å². The van der Waals surface area contributed by atoms with Crippen LogP contribution in [0.2, 0.25) is 0 Å². The average molecular weight is 346 g/mol. The Balaban J connectivity index is 3.15. The largest absolute Gasteiger partial charge is 0.463 e. The summed E-state index contributed by atoms with van der Waals surface area (Å²) in [6.07, 6.45) is 0. The molecule has 6 heteroatoms. The number of carbonyl (C=O) groups excluding carboxylic acids is 2. The molecular weight excluding hydrogens is 326 g/mol. The Morgan fingerprint density at radius 3 is 2.10 bits per heavy atom. The van der Waals surface area contributed by atoms with Crippen LogP contribution >= 0.6 is 15.9 Å². The first kappa shape index (κ1) is 16.8. The van der Waals surface area contributed by atoms with Crippen LogP contribution < -0.4 is 5.32 Å². The van der Waals surface area contributed by atoms with Crippen LogP contribution in [-0.4, -0.2) is 30.5 Å². The van der Waals surface area contributed by atoms with Crippen LogP contribution in [0, 0.1) is 5.92 Å². The van der Waals surface area contributed by atoms with Gasteiger partial charge < -0.3 is 14.8 Å². The second-order valence-electron chi connectivity index (χ2n) is 4.35. The minimum Gasteiger partial charge on any atom is -0.463 e. The summed E-state index contributed by atoms with van der Waals surface area (Å²) in [6, 6.07) is 0. The number of alkyl halides is 1. The predicted octanol–water partition coefficient (Wildman–Crippen LogP) is 2.27. The van der Waals surface area contributed by atoms with Gasteiger partial charge in [-0.25, -0.2) is 9.59 Å². The number of carbonyl (C=O) groups is 2. The molecule has 5 nitrogen and oxygen atoms in total. The normalized spacial score (nSPS) is 18.8. The zero-order valence-electron chi connectivity index (χ0n) is 12.2. The third kappa shape index (κ3) is 3.42. The Morgan fingerprint density at radius 1 is 1.15 bits per heavy atom. The van der Waals surface area contributed by atoms with Gasteiger partial charge in [0.05, 0.1) is 24.4 Å². The predicted molar refractivity (Wildman–Crippen MR) is 79.1 cm³/mol. The smallest absolute Gasteiger partial charge is 0.336 e. The van der Waals surface area contributed by atoms with Gasteiger partial charge in [-0.3, -0.25) is 0 Å². The summed E-state index contributed by atoms with van der Waals surface area (Å²) in [5, 5.41) is 3.57. The standard InChI is InChI=1S/C14H20BrNO4/c1-5-19-13(17)11-8(3)12(14(18)20-6-2)10(7-15)16-9(11)4/h8,16H,5-7H2,1-4H3. The molecule has 1 rings (SSSR count). The zero-order chi connectivity index (χ0) is 15.3. The van der Waals surface area contributed by atoms with Gasteiger partial charge in [-0.15, -0.1) is 0 Å². The van der Waals surface area contributed by atoms with Crippen molar-refractivity contribution in [3.63, 3.8) is 0 Å². The van der Waals surface area contributed by atoms with Crippen molar-refractivity contribution in [2.75, 3.05) is 18.5 Å². The number of halogens is 1. The first-order valence-corrected chi connectivity index (χ1v) is 7.71. The molecule has 0 radical (unpaired) electrons. The quantitative estimate of drug-likeness (QED) is 0.611. The molecule has 1 aliphatic rings. The van der Waals surface area contributed by atoms with Gasteiger partial charge in [-0.05, 0) is 20.8 Å². The van der Waals surface area contributed by atoms with Crippen LogP contribution in [0.1, 0.15) is 27.7 Å². The fraction of sp³-hybridized carbons (Fsp3) is 0.571. The van der Waals surface area contributed by atoms with Gasteiger partial charge in [0, 0.05) is 22.6 Å². The Hall–Kier alpha value is -1.30. The number of dihydropyridines is 1. The van der Waals surface area contributed by atoms with E-state index in [1.54, 1.807) is 20.8 Å². The average Bonchev–Trinajstić information content (AvgIpc) is 2.38. The van der Waals surface area contributed by atoms with Gasteiger partial charge in [-0.1, -0.05) is 22.9 Å². The Kier molecular flexibility index (Phi) is 6.26. The van der Waals surface area contributed by atoms with Crippen LogP contribution in [0.4, 0.5) is 0 Å². The molecule has 1 N–H and O–H groups in total. The molecule has 0 fully saturated rings. The summed E-state index contributed by atoms with van der Waals surface area (Å²) >= 11 is 3.35. The second kappa shape index (κ2) is 7.47. The summed E-state index contributed by atoms with van der Waals surface area (Å²) in [5.41, 5.74) is 2.37. The molecule has 0 bridgehead atoms. The number of allylic oxidation sites excluding steroid dienone is 2. The third-order valence-corrected chi connectivity index (χ3v) is 3.62. The third-order valence-electron chi connectivity index (χ3n) is 3.06. The first-order valence-electron chi connectivity index (χ1n) is 6.58. The molecule has 0 saturated carbocycles. The van der Waals surface area contributed by atoms with Gasteiger partial charge in [0.1, 0.15) is 0 Å². The van der Waals surface area contributed by atoms with Crippen molar-refractivity contribution in [3.05, 3.63) is 22.5 Å². The highest BCUT2D eigenvalue weighted by molar-refractivity contribution is 9.09. The molecule has 112 valence electrons. The highest BCUT2D eigenvalue weighted by Crippen LogP contribution is 2.31. The lowest BCUT2D eigenvalue weighted by Crippen LogP contribution is -2.33. The Labute approximate surface area is 127 Å². The van der Waals surface area contributed by atoms with Crippen molar-refractivity contribution < 1.29 is 19.1 Å². The van der Waals surface area contributed by atoms with E-state index in [9.17, 15) is 9.59 Å². The highest BCUT2D eigenvalue weighted by Gasteiger charge is 2.34. The summed E-state index contributed by atoms with van der Waals surface area (Å²) in [4.78, 5) is 24.1. The first-order chi connectivity index (χ1) is 9.47. The summed E-state index contributed by atoms with van der Waals surface area (Å²) in [5.74, 6) is -1.17. The molecule has 0 aromatic rings. The van der Waals surface area contributed by atoms with E-state index in [0.29, 0.717) is 35.4 Å². The van der Waals surface area contributed by atoms with E-state index in [4.69, 9.17) is 9.47 Å². The van der Waals surface area contributed by atoms with Crippen LogP contribution in [0.3, 0.4) is 0 Å². The monoisotopic (exact) mass is 345 g/mol. The van der Waals surface area contributed by atoms with E-state index in [2.05, 4.69) is 21.2 Å². The number of esters is 2. The highest BCUT2D eigenvalue weighted by atomic mass is 79.9. The van der Waals surface area contributed by atoms with Crippen molar-refractivity contribution in [2.24, 2.45) is 5.92 Å². The minimum atomic E-state index is -0.406. The molecule has 20 heavy (non-hydrogen) atoms. The Bertz CT molecular complexity index is 468. The lowest BCUT2D eigenvalue weighted by atomic mass is 9.87. The summed E-state index contributed by atoms with van der Waals surface area (Å²) < 4.78 is 10.1. The molecule has 0 amide bonds. The molecule has 0 aromatic heterocycles. The molecule has 1 aliphatic heterocycles. The van der Waals surface area contributed by atoms with Gasteiger partial charge >= 0.3 is 11.9 Å². The van der Waals surface area contributed by atoms with Crippen LogP contribution in [0.15, 0.2) is 22.5 Å². The molecule has 1 heterocycles. The van der Waals surface area contributed by atoms with Crippen molar-refractivity contribution in [2.45, 2.75) is 27.7 Å². The number of nitrogens with one attached hydrogen (secondary N) is 1. The maximum Gasteiger partial charge on any atom is 0.336 e. The fourth-order valence-electron chi connectivity index (χ4n) is 2.24. The number of hydrogen-bond acceptors (Lipinski definition) is 5. The van der Waals surface area contributed by atoms with E-state index in [1.165, 1.54) is 0 Å². The molecule has 0 spiro atoms. The van der Waals surface area contributed by atoms with Gasteiger partial charge in [0.25, 0.3) is 0 Å². The van der Waals surface area contributed by atoms with E-state index in [1.807, 2.05) is 6.92 Å². The zero-order valence-corrected chi connectivity index (χ0v) is 13.8. The SMILES string of the molecule is CCOC(=O)C1=C(C)NC(CBr)=C(C(=O)OCC)C1C. The van der Waals surface area contributed by atoms with Gasteiger partial charge in [-0.2, -0.15) is 0 Å². The molecule has 0 aliphatic carbocycles. The summed E-state index contributed by atoms with van der Waals surface area (Å²) in [7, 11) is 0. The van der Waals surface area contributed by atoms with Crippen LogP contribution in [0.25, 0.3) is 0 Å². The maximum atomic E-state index is 12.1. The molecule has 1 unspecified atom stereocenters. The van der Waals surface area contributed by atoms with E-state index in [0.717, 1.165) is 5.70 Å². The lowest BCUT2D eigenvalue weighted by molar-refractivity contribution is -0.140. The maximum absolute atomic E-state index is 12.1. The number of rotatable bonds is 5. The molecular formula is C14H20BrNO4. The molecule has 0 aromatic carbocycles. The molecule has 0 saturated heterocycles. The van der Waals surface area contributed by atoms with E-state index in [-0.39, 0.29) is 5.92 Å².